The zero-order valence-electron chi connectivity index (χ0n) is 13.4. The van der Waals surface area contributed by atoms with E-state index >= 15 is 0 Å². The van der Waals surface area contributed by atoms with Crippen LogP contribution in [-0.4, -0.2) is 36.8 Å². The second kappa shape index (κ2) is 8.07. The second-order valence-electron chi connectivity index (χ2n) is 5.12. The van der Waals surface area contributed by atoms with Gasteiger partial charge < -0.3 is 4.90 Å². The molecule has 0 aromatic heterocycles. The molecule has 0 saturated carbocycles. The Morgan fingerprint density at radius 2 is 2.04 bits per heavy atom. The van der Waals surface area contributed by atoms with Gasteiger partial charge in [0.15, 0.2) is 0 Å². The summed E-state index contributed by atoms with van der Waals surface area (Å²) in [6.07, 6.45) is 1.82. The van der Waals surface area contributed by atoms with Crippen LogP contribution < -0.4 is 15.8 Å². The molecule has 0 spiro atoms. The fourth-order valence-electron chi connectivity index (χ4n) is 2.27. The number of carbonyl (C=O) groups excluding carboxylic acids is 2. The van der Waals surface area contributed by atoms with Crippen LogP contribution >= 0.6 is 0 Å². The lowest BCUT2D eigenvalue weighted by Crippen LogP contribution is -2.21. The summed E-state index contributed by atoms with van der Waals surface area (Å²) in [6.45, 7) is 6.15. The monoisotopic (exact) mass is 315 g/mol. The van der Waals surface area contributed by atoms with E-state index in [9.17, 15) is 9.59 Å². The smallest absolute Gasteiger partial charge is 0.245 e. The summed E-state index contributed by atoms with van der Waals surface area (Å²) < 4.78 is 0. The molecule has 0 saturated heterocycles. The molecule has 7 heteroatoms. The summed E-state index contributed by atoms with van der Waals surface area (Å²) in [5.74, 6) is -0.485. The second-order valence-corrected chi connectivity index (χ2v) is 5.12. The Balaban J connectivity index is 1.83. The van der Waals surface area contributed by atoms with Gasteiger partial charge in [-0.25, -0.2) is 10.9 Å². The first kappa shape index (κ1) is 16.7. The van der Waals surface area contributed by atoms with E-state index in [2.05, 4.69) is 39.8 Å². The lowest BCUT2D eigenvalue weighted by molar-refractivity contribution is -0.119. The van der Waals surface area contributed by atoms with Crippen LogP contribution in [0.2, 0.25) is 0 Å². The molecule has 0 aliphatic carbocycles. The van der Waals surface area contributed by atoms with E-state index in [4.69, 9.17) is 0 Å². The minimum Gasteiger partial charge on any atom is -0.372 e. The van der Waals surface area contributed by atoms with E-state index in [0.29, 0.717) is 5.71 Å². The van der Waals surface area contributed by atoms with E-state index in [-0.39, 0.29) is 24.7 Å². The van der Waals surface area contributed by atoms with Gasteiger partial charge in [0.1, 0.15) is 0 Å². The number of amides is 2. The van der Waals surface area contributed by atoms with Crippen molar-refractivity contribution in [3.8, 4) is 0 Å². The third-order valence-electron chi connectivity index (χ3n) is 3.49. The predicted octanol–water partition coefficient (Wildman–Crippen LogP) is 1.25. The molecular weight excluding hydrogens is 294 g/mol. The minimum absolute atomic E-state index is 0.0664. The SMILES string of the molecule is CCN(CC)c1ccc(/C=N\NC(=O)CC2=NNC(=O)C2)cc1. The highest BCUT2D eigenvalue weighted by atomic mass is 16.2. The normalized spacial score (nSPS) is 13.8. The molecular formula is C16H21N5O2. The van der Waals surface area contributed by atoms with Crippen LogP contribution in [0.3, 0.4) is 0 Å². The summed E-state index contributed by atoms with van der Waals surface area (Å²) in [5.41, 5.74) is 7.32. The molecule has 2 amide bonds. The van der Waals surface area contributed by atoms with Crippen molar-refractivity contribution in [1.29, 1.82) is 0 Å². The van der Waals surface area contributed by atoms with Crippen LogP contribution in [0.5, 0.6) is 0 Å². The van der Waals surface area contributed by atoms with Gasteiger partial charge in [-0.15, -0.1) is 0 Å². The first-order chi connectivity index (χ1) is 11.1. The first-order valence-corrected chi connectivity index (χ1v) is 7.63. The Kier molecular flexibility index (Phi) is 5.85. The molecule has 0 atom stereocenters. The van der Waals surface area contributed by atoms with Gasteiger partial charge in [0, 0.05) is 18.8 Å². The largest absolute Gasteiger partial charge is 0.372 e. The molecule has 1 aromatic rings. The lowest BCUT2D eigenvalue weighted by Gasteiger charge is -2.20. The van der Waals surface area contributed by atoms with Gasteiger partial charge >= 0.3 is 0 Å². The molecule has 0 bridgehead atoms. The molecule has 1 heterocycles. The predicted molar refractivity (Wildman–Crippen MR) is 90.6 cm³/mol. The molecule has 0 radical (unpaired) electrons. The highest BCUT2D eigenvalue weighted by Gasteiger charge is 2.16. The van der Waals surface area contributed by atoms with E-state index in [1.54, 1.807) is 6.21 Å². The maximum Gasteiger partial charge on any atom is 0.245 e. The lowest BCUT2D eigenvalue weighted by atomic mass is 10.2. The molecule has 122 valence electrons. The number of benzene rings is 1. The third-order valence-corrected chi connectivity index (χ3v) is 3.49. The van der Waals surface area contributed by atoms with Crippen molar-refractivity contribution in [3.05, 3.63) is 29.8 Å². The summed E-state index contributed by atoms with van der Waals surface area (Å²) in [7, 11) is 0. The first-order valence-electron chi connectivity index (χ1n) is 7.63. The molecule has 1 aliphatic heterocycles. The molecule has 2 rings (SSSR count). The Morgan fingerprint density at radius 1 is 1.35 bits per heavy atom. The van der Waals surface area contributed by atoms with Gasteiger partial charge in [-0.1, -0.05) is 12.1 Å². The summed E-state index contributed by atoms with van der Waals surface area (Å²) in [6, 6.07) is 7.96. The topological polar surface area (TPSA) is 86.2 Å². The van der Waals surface area contributed by atoms with Crippen molar-refractivity contribution in [2.24, 2.45) is 10.2 Å². The third kappa shape index (κ3) is 4.91. The molecule has 1 aromatic carbocycles. The van der Waals surface area contributed by atoms with Gasteiger partial charge in [0.05, 0.1) is 24.8 Å². The number of nitrogens with one attached hydrogen (secondary N) is 2. The van der Waals surface area contributed by atoms with Crippen LogP contribution in [-0.2, 0) is 9.59 Å². The van der Waals surface area contributed by atoms with Crippen molar-refractivity contribution >= 4 is 29.4 Å². The average Bonchev–Trinajstić information content (AvgIpc) is 2.95. The molecule has 0 unspecified atom stereocenters. The standard InChI is InChI=1S/C16H21N5O2/c1-3-21(4-2)14-7-5-12(6-8-14)11-17-19-15(22)9-13-10-16(23)20-18-13/h5-8,11H,3-4,9-10H2,1-2H3,(H,19,22)(H,20,23)/b17-11-. The van der Waals surface area contributed by atoms with Crippen molar-refractivity contribution in [1.82, 2.24) is 10.9 Å². The van der Waals surface area contributed by atoms with Crippen LogP contribution in [0.1, 0.15) is 32.3 Å². The van der Waals surface area contributed by atoms with Gasteiger partial charge in [-0.3, -0.25) is 9.59 Å². The maximum absolute atomic E-state index is 11.7. The van der Waals surface area contributed by atoms with E-state index in [0.717, 1.165) is 24.3 Å². The van der Waals surface area contributed by atoms with Gasteiger partial charge in [0.2, 0.25) is 11.8 Å². The van der Waals surface area contributed by atoms with Crippen molar-refractivity contribution in [2.45, 2.75) is 26.7 Å². The number of rotatable bonds is 7. The summed E-state index contributed by atoms with van der Waals surface area (Å²) in [5, 5.41) is 7.68. The zero-order chi connectivity index (χ0) is 16.7. The molecule has 2 N–H and O–H groups in total. The van der Waals surface area contributed by atoms with Crippen molar-refractivity contribution < 1.29 is 9.59 Å². The molecule has 23 heavy (non-hydrogen) atoms. The summed E-state index contributed by atoms with van der Waals surface area (Å²) in [4.78, 5) is 24.9. The van der Waals surface area contributed by atoms with Crippen LogP contribution in [0.15, 0.2) is 34.5 Å². The number of hydrazone groups is 2. The van der Waals surface area contributed by atoms with Gasteiger partial charge in [0.25, 0.3) is 0 Å². The quantitative estimate of drug-likeness (QED) is 0.586. The molecule has 1 aliphatic rings. The van der Waals surface area contributed by atoms with E-state index in [1.165, 1.54) is 0 Å². The Hall–Kier alpha value is -2.70. The van der Waals surface area contributed by atoms with Crippen LogP contribution in [0.25, 0.3) is 0 Å². The minimum atomic E-state index is -0.295. The highest BCUT2D eigenvalue weighted by Crippen LogP contribution is 2.13. The van der Waals surface area contributed by atoms with E-state index in [1.807, 2.05) is 24.3 Å². The maximum atomic E-state index is 11.7. The van der Waals surface area contributed by atoms with Crippen LogP contribution in [0, 0.1) is 0 Å². The fraction of sp³-hybridized carbons (Fsp3) is 0.375. The number of hydrogen-bond acceptors (Lipinski definition) is 5. The average molecular weight is 315 g/mol. The Morgan fingerprint density at radius 3 is 2.61 bits per heavy atom. The molecule has 7 nitrogen and oxygen atoms in total. The zero-order valence-corrected chi connectivity index (χ0v) is 13.4. The summed E-state index contributed by atoms with van der Waals surface area (Å²) >= 11 is 0. The molecule has 0 fully saturated rings. The number of carbonyl (C=O) groups is 2. The number of hydrogen-bond donors (Lipinski definition) is 2. The van der Waals surface area contributed by atoms with Crippen LogP contribution in [0.4, 0.5) is 5.69 Å². The fourth-order valence-corrected chi connectivity index (χ4v) is 2.27. The van der Waals surface area contributed by atoms with E-state index < -0.39 is 0 Å². The Bertz CT molecular complexity index is 618. The van der Waals surface area contributed by atoms with Crippen molar-refractivity contribution in [3.63, 3.8) is 0 Å². The Labute approximate surface area is 135 Å². The number of nitrogens with zero attached hydrogens (tertiary/aromatic N) is 3. The number of anilines is 1. The van der Waals surface area contributed by atoms with Crippen molar-refractivity contribution in [2.75, 3.05) is 18.0 Å². The van der Waals surface area contributed by atoms with Gasteiger partial charge in [-0.2, -0.15) is 10.2 Å². The highest BCUT2D eigenvalue weighted by molar-refractivity contribution is 6.11. The van der Waals surface area contributed by atoms with Gasteiger partial charge in [-0.05, 0) is 31.5 Å².